The Morgan fingerprint density at radius 3 is 1.71 bits per heavy atom. The fraction of sp³-hybridized carbons (Fsp3) is 0.684. The quantitative estimate of drug-likeness (QED) is 0.877. The lowest BCUT2D eigenvalue weighted by Gasteiger charge is -2.33. The van der Waals surface area contributed by atoms with Crippen LogP contribution in [-0.4, -0.2) is 11.2 Å². The third kappa shape index (κ3) is 3.02. The normalized spacial score (nSPS) is 19.6. The van der Waals surface area contributed by atoms with Crippen LogP contribution in [-0.2, 0) is 0 Å². The summed E-state index contributed by atoms with van der Waals surface area (Å²) in [6.45, 7) is 10.8. The van der Waals surface area contributed by atoms with Gasteiger partial charge < -0.3 is 10.8 Å². The van der Waals surface area contributed by atoms with Gasteiger partial charge in [-0.1, -0.05) is 19.3 Å². The van der Waals surface area contributed by atoms with Gasteiger partial charge in [-0.3, -0.25) is 0 Å². The number of aliphatic hydroxyl groups excluding tert-OH is 1. The minimum atomic E-state index is -0.413. The number of benzene rings is 1. The topological polar surface area (TPSA) is 46.2 Å². The molecule has 0 aromatic heterocycles. The molecule has 118 valence electrons. The third-order valence-electron chi connectivity index (χ3n) is 5.89. The number of hydrogen-bond donors (Lipinski definition) is 2. The van der Waals surface area contributed by atoms with E-state index in [0.29, 0.717) is 5.92 Å². The van der Waals surface area contributed by atoms with Crippen molar-refractivity contribution in [3.05, 3.63) is 33.4 Å². The summed E-state index contributed by atoms with van der Waals surface area (Å²) in [7, 11) is 0. The van der Waals surface area contributed by atoms with Crippen molar-refractivity contribution in [2.75, 3.05) is 0 Å². The Bertz CT molecular complexity index is 486. The van der Waals surface area contributed by atoms with E-state index in [1.807, 2.05) is 0 Å². The summed E-state index contributed by atoms with van der Waals surface area (Å²) in [6, 6.07) is -0.258. The predicted molar refractivity (Wildman–Crippen MR) is 89.6 cm³/mol. The first-order valence-corrected chi connectivity index (χ1v) is 8.36. The molecule has 0 unspecified atom stereocenters. The second kappa shape index (κ2) is 6.50. The van der Waals surface area contributed by atoms with E-state index in [2.05, 4.69) is 34.6 Å². The van der Waals surface area contributed by atoms with Gasteiger partial charge in [0.25, 0.3) is 0 Å². The van der Waals surface area contributed by atoms with Crippen molar-refractivity contribution < 1.29 is 5.11 Å². The van der Waals surface area contributed by atoms with E-state index < -0.39 is 6.10 Å². The first-order chi connectivity index (χ1) is 9.86. The van der Waals surface area contributed by atoms with Crippen molar-refractivity contribution in [2.24, 2.45) is 11.7 Å². The summed E-state index contributed by atoms with van der Waals surface area (Å²) in [5.41, 5.74) is 14.2. The van der Waals surface area contributed by atoms with E-state index in [0.717, 1.165) is 12.8 Å². The fourth-order valence-corrected chi connectivity index (χ4v) is 3.97. The van der Waals surface area contributed by atoms with Crippen molar-refractivity contribution in [1.29, 1.82) is 0 Å². The molecule has 1 aromatic rings. The number of nitrogens with two attached hydrogens (primary N) is 1. The lowest BCUT2D eigenvalue weighted by Crippen LogP contribution is -2.35. The molecule has 0 heterocycles. The van der Waals surface area contributed by atoms with Gasteiger partial charge in [0.05, 0.1) is 12.1 Å². The minimum Gasteiger partial charge on any atom is -0.391 e. The minimum absolute atomic E-state index is 0.258. The molecule has 0 radical (unpaired) electrons. The maximum Gasteiger partial charge on any atom is 0.0761 e. The van der Waals surface area contributed by atoms with Crippen molar-refractivity contribution in [1.82, 2.24) is 0 Å². The maximum atomic E-state index is 10.8. The Kier molecular flexibility index (Phi) is 5.11. The molecule has 2 atom stereocenters. The van der Waals surface area contributed by atoms with Crippen molar-refractivity contribution in [3.63, 3.8) is 0 Å². The van der Waals surface area contributed by atoms with Crippen molar-refractivity contribution >= 4 is 0 Å². The fourth-order valence-electron chi connectivity index (χ4n) is 3.97. The van der Waals surface area contributed by atoms with E-state index in [9.17, 15) is 5.11 Å². The SMILES string of the molecule is Cc1c(C)c(C)c([C@@H](N)[C@@H](O)C2CCCCC2)c(C)c1C. The molecule has 0 aliphatic heterocycles. The third-order valence-corrected chi connectivity index (χ3v) is 5.89. The standard InChI is InChI=1S/C19H31NO/c1-11-12(2)14(4)17(15(5)13(11)3)18(20)19(21)16-9-7-6-8-10-16/h16,18-19,21H,6-10,20H2,1-5H3/t18-,19+/m1/s1. The van der Waals surface area contributed by atoms with Gasteiger partial charge in [0.1, 0.15) is 0 Å². The van der Waals surface area contributed by atoms with Crippen LogP contribution in [0, 0.1) is 40.5 Å². The van der Waals surface area contributed by atoms with Gasteiger partial charge in [0.15, 0.2) is 0 Å². The Morgan fingerprint density at radius 2 is 1.24 bits per heavy atom. The van der Waals surface area contributed by atoms with Gasteiger partial charge in [-0.05, 0) is 86.8 Å². The van der Waals surface area contributed by atoms with Crippen LogP contribution in [0.1, 0.15) is 71.5 Å². The van der Waals surface area contributed by atoms with Gasteiger partial charge in [-0.25, -0.2) is 0 Å². The van der Waals surface area contributed by atoms with Crippen LogP contribution in [0.3, 0.4) is 0 Å². The molecule has 0 spiro atoms. The second-order valence-corrected chi connectivity index (χ2v) is 6.95. The zero-order chi connectivity index (χ0) is 15.7. The molecule has 0 saturated heterocycles. The lowest BCUT2D eigenvalue weighted by molar-refractivity contribution is 0.0614. The summed E-state index contributed by atoms with van der Waals surface area (Å²) < 4.78 is 0. The number of aliphatic hydroxyl groups is 1. The molecule has 21 heavy (non-hydrogen) atoms. The first kappa shape index (κ1) is 16.5. The zero-order valence-electron chi connectivity index (χ0n) is 14.3. The summed E-state index contributed by atoms with van der Waals surface area (Å²) in [5.74, 6) is 0.370. The molecular formula is C19H31NO. The average Bonchev–Trinajstić information content (AvgIpc) is 2.51. The lowest BCUT2D eigenvalue weighted by atomic mass is 9.78. The van der Waals surface area contributed by atoms with Gasteiger partial charge in [-0.2, -0.15) is 0 Å². The van der Waals surface area contributed by atoms with E-state index in [4.69, 9.17) is 5.73 Å². The number of hydrogen-bond acceptors (Lipinski definition) is 2. The molecule has 1 saturated carbocycles. The Labute approximate surface area is 129 Å². The van der Waals surface area contributed by atoms with E-state index >= 15 is 0 Å². The highest BCUT2D eigenvalue weighted by molar-refractivity contribution is 5.50. The molecule has 1 aliphatic carbocycles. The van der Waals surface area contributed by atoms with Crippen LogP contribution in [0.15, 0.2) is 0 Å². The van der Waals surface area contributed by atoms with Crippen LogP contribution in [0.25, 0.3) is 0 Å². The maximum absolute atomic E-state index is 10.8. The monoisotopic (exact) mass is 289 g/mol. The van der Waals surface area contributed by atoms with Crippen LogP contribution in [0.4, 0.5) is 0 Å². The molecular weight excluding hydrogens is 258 g/mol. The van der Waals surface area contributed by atoms with E-state index in [1.54, 1.807) is 0 Å². The first-order valence-electron chi connectivity index (χ1n) is 8.36. The molecule has 1 fully saturated rings. The van der Waals surface area contributed by atoms with E-state index in [1.165, 1.54) is 52.6 Å². The summed E-state index contributed by atoms with van der Waals surface area (Å²) in [5, 5.41) is 10.8. The van der Waals surface area contributed by atoms with Gasteiger partial charge in [-0.15, -0.1) is 0 Å². The van der Waals surface area contributed by atoms with Gasteiger partial charge in [0, 0.05) is 0 Å². The highest BCUT2D eigenvalue weighted by Crippen LogP contribution is 2.36. The molecule has 1 aromatic carbocycles. The van der Waals surface area contributed by atoms with Crippen molar-refractivity contribution in [3.8, 4) is 0 Å². The largest absolute Gasteiger partial charge is 0.391 e. The van der Waals surface area contributed by atoms with E-state index in [-0.39, 0.29) is 6.04 Å². The Hall–Kier alpha value is -0.860. The Morgan fingerprint density at radius 1 is 0.810 bits per heavy atom. The molecule has 0 bridgehead atoms. The highest BCUT2D eigenvalue weighted by atomic mass is 16.3. The molecule has 2 rings (SSSR count). The number of rotatable bonds is 3. The van der Waals surface area contributed by atoms with Gasteiger partial charge >= 0.3 is 0 Å². The second-order valence-electron chi connectivity index (χ2n) is 6.95. The zero-order valence-corrected chi connectivity index (χ0v) is 14.3. The molecule has 2 heteroatoms. The average molecular weight is 289 g/mol. The molecule has 2 nitrogen and oxygen atoms in total. The highest BCUT2D eigenvalue weighted by Gasteiger charge is 2.30. The predicted octanol–water partition coefficient (Wildman–Crippen LogP) is 4.17. The summed E-state index contributed by atoms with van der Waals surface area (Å²) in [4.78, 5) is 0. The summed E-state index contributed by atoms with van der Waals surface area (Å²) in [6.07, 6.45) is 5.60. The molecule has 0 amide bonds. The Balaban J connectivity index is 2.36. The van der Waals surface area contributed by atoms with Crippen LogP contribution in [0.2, 0.25) is 0 Å². The van der Waals surface area contributed by atoms with Gasteiger partial charge in [0.2, 0.25) is 0 Å². The van der Waals surface area contributed by atoms with Crippen molar-refractivity contribution in [2.45, 2.75) is 78.9 Å². The molecule has 1 aliphatic rings. The summed E-state index contributed by atoms with van der Waals surface area (Å²) >= 11 is 0. The molecule has 3 N–H and O–H groups in total. The van der Waals surface area contributed by atoms with Crippen LogP contribution < -0.4 is 5.73 Å². The van der Waals surface area contributed by atoms with Crippen LogP contribution in [0.5, 0.6) is 0 Å². The van der Waals surface area contributed by atoms with Crippen LogP contribution >= 0.6 is 0 Å². The smallest absolute Gasteiger partial charge is 0.0761 e.